The molecule has 3 rings (SSSR count). The second kappa shape index (κ2) is 4.44. The molecule has 2 aliphatic rings. The zero-order chi connectivity index (χ0) is 12.5. The first-order valence-electron chi connectivity index (χ1n) is 6.14. The summed E-state index contributed by atoms with van der Waals surface area (Å²) in [6.07, 6.45) is 4.00. The number of benzene rings is 1. The molecule has 0 N–H and O–H groups in total. The maximum absolute atomic E-state index is 12.9. The first kappa shape index (κ1) is 11.3. The van der Waals surface area contributed by atoms with Gasteiger partial charge in [-0.1, -0.05) is 12.1 Å². The molecular weight excluding hydrogens is 233 g/mol. The van der Waals surface area contributed by atoms with Crippen molar-refractivity contribution in [2.24, 2.45) is 0 Å². The van der Waals surface area contributed by atoms with Gasteiger partial charge in [0.2, 0.25) is 5.91 Å². The zero-order valence-electron chi connectivity index (χ0n) is 9.93. The number of rotatable bonds is 1. The molecule has 0 radical (unpaired) electrons. The molecule has 0 saturated carbocycles. The monoisotopic (exact) mass is 247 g/mol. The predicted octanol–water partition coefficient (Wildman–Crippen LogP) is 2.75. The molecule has 94 valence electrons. The van der Waals surface area contributed by atoms with Gasteiger partial charge in [0, 0.05) is 6.42 Å². The van der Waals surface area contributed by atoms with E-state index < -0.39 is 0 Å². The lowest BCUT2D eigenvalue weighted by molar-refractivity contribution is -0.135. The van der Waals surface area contributed by atoms with Crippen molar-refractivity contribution in [3.8, 4) is 0 Å². The van der Waals surface area contributed by atoms with Crippen LogP contribution in [0.5, 0.6) is 0 Å². The number of piperidine rings is 1. The van der Waals surface area contributed by atoms with E-state index in [4.69, 9.17) is 4.74 Å². The summed E-state index contributed by atoms with van der Waals surface area (Å²) in [7, 11) is 0. The van der Waals surface area contributed by atoms with Crippen LogP contribution >= 0.6 is 0 Å². The maximum atomic E-state index is 12.9. The third-order valence-electron chi connectivity index (χ3n) is 3.44. The molecule has 4 heteroatoms. The van der Waals surface area contributed by atoms with Crippen molar-refractivity contribution >= 4 is 5.91 Å². The molecule has 2 heterocycles. The average molecular weight is 247 g/mol. The summed E-state index contributed by atoms with van der Waals surface area (Å²) in [6, 6.07) is 6.14. The smallest absolute Gasteiger partial charge is 0.227 e. The molecule has 0 bridgehead atoms. The lowest BCUT2D eigenvalue weighted by Gasteiger charge is -2.39. The Bertz CT molecular complexity index is 495. The van der Waals surface area contributed by atoms with Crippen molar-refractivity contribution < 1.29 is 13.9 Å². The molecule has 1 aromatic rings. The van der Waals surface area contributed by atoms with Gasteiger partial charge in [0.05, 0.1) is 11.7 Å². The zero-order valence-corrected chi connectivity index (χ0v) is 9.93. The van der Waals surface area contributed by atoms with Gasteiger partial charge in [-0.3, -0.25) is 4.79 Å². The van der Waals surface area contributed by atoms with Gasteiger partial charge in [-0.15, -0.1) is 0 Å². The molecule has 3 nitrogen and oxygen atoms in total. The van der Waals surface area contributed by atoms with Crippen LogP contribution in [0.3, 0.4) is 0 Å². The maximum Gasteiger partial charge on any atom is 0.227 e. The molecule has 0 aromatic heterocycles. The molecular formula is C14H14FNO2. The van der Waals surface area contributed by atoms with E-state index in [1.54, 1.807) is 23.3 Å². The summed E-state index contributed by atoms with van der Waals surface area (Å²) in [5.74, 6) is -0.138. The minimum absolute atomic E-state index is 0.126. The Kier molecular flexibility index (Phi) is 2.78. The highest BCUT2D eigenvalue weighted by Gasteiger charge is 2.33. The lowest BCUT2D eigenvalue weighted by atomic mass is 9.99. The SMILES string of the molecule is O=C1CCCC2=COCC(c3ccc(F)cc3)N12. The van der Waals surface area contributed by atoms with E-state index in [9.17, 15) is 9.18 Å². The van der Waals surface area contributed by atoms with Gasteiger partial charge in [0.25, 0.3) is 0 Å². The fraction of sp³-hybridized carbons (Fsp3) is 0.357. The number of carbonyl (C=O) groups excluding carboxylic acids is 1. The molecule has 18 heavy (non-hydrogen) atoms. The fourth-order valence-electron chi connectivity index (χ4n) is 2.55. The molecule has 1 aromatic carbocycles. The van der Waals surface area contributed by atoms with Crippen LogP contribution in [0.4, 0.5) is 4.39 Å². The molecule has 1 fully saturated rings. The number of nitrogens with zero attached hydrogens (tertiary/aromatic N) is 1. The van der Waals surface area contributed by atoms with Crippen LogP contribution in [-0.4, -0.2) is 17.4 Å². The number of allylic oxidation sites excluding steroid dienone is 1. The highest BCUT2D eigenvalue weighted by Crippen LogP contribution is 2.34. The van der Waals surface area contributed by atoms with E-state index in [-0.39, 0.29) is 17.8 Å². The van der Waals surface area contributed by atoms with Gasteiger partial charge in [-0.05, 0) is 30.5 Å². The van der Waals surface area contributed by atoms with Crippen molar-refractivity contribution in [3.63, 3.8) is 0 Å². The van der Waals surface area contributed by atoms with E-state index in [0.29, 0.717) is 13.0 Å². The Morgan fingerprint density at radius 1 is 1.22 bits per heavy atom. The van der Waals surface area contributed by atoms with Gasteiger partial charge in [0.1, 0.15) is 18.7 Å². The largest absolute Gasteiger partial charge is 0.497 e. The van der Waals surface area contributed by atoms with Crippen LogP contribution in [0.1, 0.15) is 30.9 Å². The van der Waals surface area contributed by atoms with E-state index in [0.717, 1.165) is 24.1 Å². The summed E-state index contributed by atoms with van der Waals surface area (Å²) in [6.45, 7) is 0.431. The van der Waals surface area contributed by atoms with Crippen molar-refractivity contribution in [3.05, 3.63) is 47.6 Å². The van der Waals surface area contributed by atoms with Crippen LogP contribution in [0.2, 0.25) is 0 Å². The van der Waals surface area contributed by atoms with Crippen LogP contribution in [0.25, 0.3) is 0 Å². The van der Waals surface area contributed by atoms with Crippen molar-refractivity contribution in [2.45, 2.75) is 25.3 Å². The van der Waals surface area contributed by atoms with Crippen LogP contribution in [0, 0.1) is 5.82 Å². The van der Waals surface area contributed by atoms with Crippen molar-refractivity contribution in [1.29, 1.82) is 0 Å². The predicted molar refractivity (Wildman–Crippen MR) is 63.9 cm³/mol. The molecule has 0 aliphatic carbocycles. The Morgan fingerprint density at radius 2 is 2.00 bits per heavy atom. The summed E-state index contributed by atoms with van der Waals surface area (Å²) >= 11 is 0. The Morgan fingerprint density at radius 3 is 2.78 bits per heavy atom. The normalized spacial score (nSPS) is 23.2. The summed E-state index contributed by atoms with van der Waals surface area (Å²) in [4.78, 5) is 13.8. The minimum Gasteiger partial charge on any atom is -0.497 e. The number of amides is 1. The van der Waals surface area contributed by atoms with Gasteiger partial charge in [-0.2, -0.15) is 0 Å². The molecule has 2 aliphatic heterocycles. The number of ether oxygens (including phenoxy) is 1. The summed E-state index contributed by atoms with van der Waals surface area (Å²) in [5.41, 5.74) is 1.85. The first-order valence-corrected chi connectivity index (χ1v) is 6.14. The van der Waals surface area contributed by atoms with E-state index in [1.165, 1.54) is 12.1 Å². The number of fused-ring (bicyclic) bond motifs is 1. The summed E-state index contributed by atoms with van der Waals surface area (Å²) < 4.78 is 18.4. The molecule has 0 spiro atoms. The van der Waals surface area contributed by atoms with Crippen LogP contribution in [-0.2, 0) is 9.53 Å². The third-order valence-corrected chi connectivity index (χ3v) is 3.44. The van der Waals surface area contributed by atoms with Gasteiger partial charge < -0.3 is 9.64 Å². The number of carbonyl (C=O) groups is 1. The van der Waals surface area contributed by atoms with Crippen molar-refractivity contribution in [2.75, 3.05) is 6.61 Å². The van der Waals surface area contributed by atoms with Crippen molar-refractivity contribution in [1.82, 2.24) is 4.90 Å². The highest BCUT2D eigenvalue weighted by atomic mass is 19.1. The second-order valence-corrected chi connectivity index (χ2v) is 4.63. The third kappa shape index (κ3) is 1.88. The second-order valence-electron chi connectivity index (χ2n) is 4.63. The van der Waals surface area contributed by atoms with Crippen LogP contribution in [0.15, 0.2) is 36.2 Å². The lowest BCUT2D eigenvalue weighted by Crippen LogP contribution is -2.41. The van der Waals surface area contributed by atoms with Gasteiger partial charge in [-0.25, -0.2) is 4.39 Å². The molecule has 1 atom stereocenters. The number of halogens is 1. The van der Waals surface area contributed by atoms with Crippen LogP contribution < -0.4 is 0 Å². The first-order chi connectivity index (χ1) is 8.75. The Hall–Kier alpha value is -1.84. The van der Waals surface area contributed by atoms with E-state index >= 15 is 0 Å². The topological polar surface area (TPSA) is 29.5 Å². The molecule has 1 amide bonds. The standard InChI is InChI=1S/C14H14FNO2/c15-11-6-4-10(5-7-11)13-9-18-8-12-2-1-3-14(17)16(12)13/h4-8,13H,1-3,9H2. The molecule has 1 unspecified atom stereocenters. The quantitative estimate of drug-likeness (QED) is 0.763. The Balaban J connectivity index is 1.94. The average Bonchev–Trinajstić information content (AvgIpc) is 2.39. The molecule has 1 saturated heterocycles. The number of hydrogen-bond donors (Lipinski definition) is 0. The minimum atomic E-state index is -0.267. The van der Waals surface area contributed by atoms with Gasteiger partial charge in [0.15, 0.2) is 0 Å². The Labute approximate surface area is 105 Å². The fourth-order valence-corrected chi connectivity index (χ4v) is 2.55. The summed E-state index contributed by atoms with van der Waals surface area (Å²) in [5, 5.41) is 0. The number of hydrogen-bond acceptors (Lipinski definition) is 2. The highest BCUT2D eigenvalue weighted by molar-refractivity contribution is 5.79. The van der Waals surface area contributed by atoms with E-state index in [1.807, 2.05) is 0 Å². The van der Waals surface area contributed by atoms with Gasteiger partial charge >= 0.3 is 0 Å². The van der Waals surface area contributed by atoms with E-state index in [2.05, 4.69) is 0 Å².